The molecule has 2 saturated carbocycles. The monoisotopic (exact) mass is 578 g/mol. The summed E-state index contributed by atoms with van der Waals surface area (Å²) >= 11 is 0. The Morgan fingerprint density at radius 2 is 1.93 bits per heavy atom. The molecule has 2 aliphatic carbocycles. The van der Waals surface area contributed by atoms with Crippen LogP contribution >= 0.6 is 0 Å². The minimum Gasteiger partial charge on any atom is -0.458 e. The number of esters is 2. The van der Waals surface area contributed by atoms with Crippen LogP contribution in [0.3, 0.4) is 0 Å². The van der Waals surface area contributed by atoms with Crippen LogP contribution in [0.5, 0.6) is 0 Å². The van der Waals surface area contributed by atoms with Gasteiger partial charge in [-0.05, 0) is 75.2 Å². The normalized spacial score (nSPS) is 41.5. The van der Waals surface area contributed by atoms with Crippen LogP contribution < -0.4 is 0 Å². The molecule has 3 fully saturated rings. The first-order chi connectivity index (χ1) is 19.3. The van der Waals surface area contributed by atoms with Crippen molar-refractivity contribution < 1.29 is 49.0 Å². The summed E-state index contributed by atoms with van der Waals surface area (Å²) in [5.74, 6) is -0.486. The Labute approximate surface area is 242 Å². The van der Waals surface area contributed by atoms with E-state index < -0.39 is 54.8 Å². The van der Waals surface area contributed by atoms with Crippen LogP contribution in [0.1, 0.15) is 66.2 Å². The summed E-state index contributed by atoms with van der Waals surface area (Å²) in [5.41, 5.74) is 1.76. The van der Waals surface area contributed by atoms with Crippen LogP contribution in [0.25, 0.3) is 0 Å². The highest BCUT2D eigenvalue weighted by atomic mass is 16.7. The smallest absolute Gasteiger partial charge is 0.333 e. The summed E-state index contributed by atoms with van der Waals surface area (Å²) in [6, 6.07) is 0. The van der Waals surface area contributed by atoms with E-state index >= 15 is 0 Å². The zero-order valence-electron chi connectivity index (χ0n) is 24.6. The van der Waals surface area contributed by atoms with Crippen molar-refractivity contribution in [3.05, 3.63) is 35.5 Å². The van der Waals surface area contributed by atoms with E-state index in [-0.39, 0.29) is 29.8 Å². The summed E-state index contributed by atoms with van der Waals surface area (Å²) in [7, 11) is 0. The highest BCUT2D eigenvalue weighted by molar-refractivity contribution is 5.87. The zero-order valence-corrected chi connectivity index (χ0v) is 24.6. The number of ether oxygens (including phenoxy) is 4. The number of carbonyl (C=O) groups is 2. The van der Waals surface area contributed by atoms with Crippen molar-refractivity contribution in [3.8, 4) is 0 Å². The molecule has 230 valence electrons. The van der Waals surface area contributed by atoms with Crippen LogP contribution in [0.15, 0.2) is 35.5 Å². The summed E-state index contributed by atoms with van der Waals surface area (Å²) in [6.07, 6.45) is 0.419. The topological polar surface area (TPSA) is 152 Å². The number of cyclic esters (lactones) is 1. The van der Waals surface area contributed by atoms with Crippen molar-refractivity contribution in [2.75, 3.05) is 19.8 Å². The third kappa shape index (κ3) is 6.19. The Morgan fingerprint density at radius 1 is 1.20 bits per heavy atom. The van der Waals surface area contributed by atoms with Crippen molar-refractivity contribution in [1.82, 2.24) is 0 Å². The lowest BCUT2D eigenvalue weighted by Gasteiger charge is -2.61. The number of carbonyl (C=O) groups excluding carboxylic acids is 2. The molecule has 10 heteroatoms. The van der Waals surface area contributed by atoms with E-state index in [1.165, 1.54) is 5.57 Å². The first-order valence-corrected chi connectivity index (χ1v) is 14.7. The molecule has 0 aromatic carbocycles. The van der Waals surface area contributed by atoms with Gasteiger partial charge in [0, 0.05) is 17.1 Å². The molecular formula is C31H46O10. The third-order valence-corrected chi connectivity index (χ3v) is 10.2. The maximum atomic E-state index is 12.9. The lowest BCUT2D eigenvalue weighted by atomic mass is 9.46. The quantitative estimate of drug-likeness (QED) is 0.182. The molecule has 4 aliphatic rings. The van der Waals surface area contributed by atoms with E-state index in [1.807, 2.05) is 6.92 Å². The van der Waals surface area contributed by atoms with Crippen molar-refractivity contribution >= 4 is 11.9 Å². The molecular weight excluding hydrogens is 532 g/mol. The van der Waals surface area contributed by atoms with Gasteiger partial charge in [0.15, 0.2) is 6.29 Å². The zero-order chi connectivity index (χ0) is 30.1. The number of hydrogen-bond donors (Lipinski definition) is 4. The van der Waals surface area contributed by atoms with Crippen molar-refractivity contribution in [2.45, 2.75) is 103 Å². The predicted octanol–water partition coefficient (Wildman–Crippen LogP) is 2.33. The number of rotatable bonds is 9. The molecule has 0 aromatic heterocycles. The first-order valence-electron chi connectivity index (χ1n) is 14.7. The Morgan fingerprint density at radius 3 is 2.56 bits per heavy atom. The Kier molecular flexibility index (Phi) is 9.83. The second-order valence-corrected chi connectivity index (χ2v) is 12.7. The molecule has 1 saturated heterocycles. The van der Waals surface area contributed by atoms with Crippen molar-refractivity contribution in [3.63, 3.8) is 0 Å². The van der Waals surface area contributed by atoms with E-state index in [2.05, 4.69) is 13.5 Å². The molecule has 2 aliphatic heterocycles. The minimum atomic E-state index is -1.55. The van der Waals surface area contributed by atoms with E-state index in [1.54, 1.807) is 26.0 Å². The fraction of sp³-hybridized carbons (Fsp3) is 0.742. The van der Waals surface area contributed by atoms with Gasteiger partial charge in [-0.25, -0.2) is 9.59 Å². The van der Waals surface area contributed by atoms with Crippen LogP contribution in [0.4, 0.5) is 0 Å². The highest BCUT2D eigenvalue weighted by Gasteiger charge is 2.59. The van der Waals surface area contributed by atoms with Crippen LogP contribution in [0, 0.1) is 22.7 Å². The molecule has 41 heavy (non-hydrogen) atoms. The number of hydrogen-bond acceptors (Lipinski definition) is 10. The summed E-state index contributed by atoms with van der Waals surface area (Å²) in [5, 5.41) is 40.7. The van der Waals surface area contributed by atoms with Gasteiger partial charge in [-0.2, -0.15) is 0 Å². The molecule has 0 aromatic rings. The maximum absolute atomic E-state index is 12.9. The van der Waals surface area contributed by atoms with Gasteiger partial charge in [0.25, 0.3) is 0 Å². The van der Waals surface area contributed by atoms with Crippen LogP contribution in [-0.2, 0) is 28.5 Å². The Balaban J connectivity index is 1.61. The fourth-order valence-electron chi connectivity index (χ4n) is 7.59. The van der Waals surface area contributed by atoms with Crippen LogP contribution in [-0.4, -0.2) is 89.0 Å². The Bertz CT molecular complexity index is 1070. The van der Waals surface area contributed by atoms with Gasteiger partial charge in [-0.1, -0.05) is 32.1 Å². The average molecular weight is 579 g/mol. The predicted molar refractivity (Wildman–Crippen MR) is 148 cm³/mol. The van der Waals surface area contributed by atoms with Gasteiger partial charge in [0.05, 0.1) is 13.2 Å². The van der Waals surface area contributed by atoms with Crippen LogP contribution in [0.2, 0.25) is 0 Å². The van der Waals surface area contributed by atoms with Gasteiger partial charge >= 0.3 is 11.9 Å². The molecule has 10 atom stereocenters. The molecule has 0 unspecified atom stereocenters. The van der Waals surface area contributed by atoms with Gasteiger partial charge in [-0.3, -0.25) is 0 Å². The number of allylic oxidation sites excluding steroid dienone is 2. The molecule has 2 heterocycles. The first kappa shape index (κ1) is 31.8. The van der Waals surface area contributed by atoms with Crippen molar-refractivity contribution in [2.24, 2.45) is 22.7 Å². The molecule has 10 nitrogen and oxygen atoms in total. The second kappa shape index (κ2) is 12.7. The molecule has 4 rings (SSSR count). The lowest BCUT2D eigenvalue weighted by molar-refractivity contribution is -0.313. The lowest BCUT2D eigenvalue weighted by Crippen LogP contribution is -2.61. The number of aliphatic hydroxyl groups excluding tert-OH is 4. The molecule has 4 N–H and O–H groups in total. The fourth-order valence-corrected chi connectivity index (χ4v) is 7.59. The molecule has 0 bridgehead atoms. The molecule has 0 amide bonds. The summed E-state index contributed by atoms with van der Waals surface area (Å²) in [4.78, 5) is 24.5. The largest absolute Gasteiger partial charge is 0.458 e. The molecule has 0 spiro atoms. The van der Waals surface area contributed by atoms with Gasteiger partial charge < -0.3 is 39.4 Å². The van der Waals surface area contributed by atoms with E-state index in [9.17, 15) is 30.0 Å². The standard InChI is InChI=1S/C31H46O10/c1-6-17(2)28(37)41-23-11-12-30(4)20(9-8-19-13-24(33)38-15-19)18(3)7-10-22(30)31(23,5)16-39-29-27(36)26(35)25(34)21(14-32)40-29/h6,13,20-23,25-27,29,32,34-36H,3,7-12,14-16H2,1-2,4-5H3/b17-6-/t20-,21-,22+,23-,25-,26+,27-,29-,30+,31-/m1/s1. The minimum absolute atomic E-state index is 0.0447. The van der Waals surface area contributed by atoms with E-state index in [0.717, 1.165) is 37.7 Å². The maximum Gasteiger partial charge on any atom is 0.333 e. The third-order valence-electron chi connectivity index (χ3n) is 10.2. The summed E-state index contributed by atoms with van der Waals surface area (Å²) < 4.78 is 23.0. The van der Waals surface area contributed by atoms with Crippen molar-refractivity contribution in [1.29, 1.82) is 0 Å². The Hall–Kier alpha value is -2.08. The number of aliphatic hydroxyl groups is 4. The second-order valence-electron chi connectivity index (χ2n) is 12.7. The van der Waals surface area contributed by atoms with Gasteiger partial charge in [0.1, 0.15) is 37.1 Å². The molecule has 0 radical (unpaired) electrons. The van der Waals surface area contributed by atoms with E-state index in [4.69, 9.17) is 18.9 Å². The average Bonchev–Trinajstić information content (AvgIpc) is 3.36. The van der Waals surface area contributed by atoms with Gasteiger partial charge in [-0.15, -0.1) is 0 Å². The van der Waals surface area contributed by atoms with Gasteiger partial charge in [0.2, 0.25) is 0 Å². The highest BCUT2D eigenvalue weighted by Crippen LogP contribution is 2.62. The summed E-state index contributed by atoms with van der Waals surface area (Å²) in [6.45, 7) is 12.1. The van der Waals surface area contributed by atoms with E-state index in [0.29, 0.717) is 18.6 Å². The number of fused-ring (bicyclic) bond motifs is 1. The SMILES string of the molecule is C=C1CC[C@H]2[C@@](C)(CC[C@@H](OC(=O)/C(C)=C\C)[C@]2(C)CO[C@@H]2O[C@H](CO)[C@@H](O)[C@H](O)[C@H]2O)[C@@H]1CCC1=CC(=O)OC1.